The molecular weight excluding hydrogens is 260 g/mol. The quantitative estimate of drug-likeness (QED) is 0.798. The number of carbonyl (C=O) groups excluding carboxylic acids is 1. The fourth-order valence-electron chi connectivity index (χ4n) is 1.54. The summed E-state index contributed by atoms with van der Waals surface area (Å²) < 4.78 is 15.2. The maximum Gasteiger partial charge on any atom is 0.344 e. The molecule has 2 rings (SSSR count). The summed E-state index contributed by atoms with van der Waals surface area (Å²) in [5.41, 5.74) is 0.229. The largest absolute Gasteiger partial charge is 0.482 e. The maximum absolute atomic E-state index is 11.6. The van der Waals surface area contributed by atoms with Crippen LogP contribution in [0.5, 0.6) is 5.75 Å². The van der Waals surface area contributed by atoms with Crippen LogP contribution in [0.4, 0.5) is 0 Å². The normalized spacial score (nSPS) is 11.2. The predicted octanol–water partition coefficient (Wildman–Crippen LogP) is 2.46. The highest BCUT2D eigenvalue weighted by atomic mass is 16.6. The first-order valence-electron chi connectivity index (χ1n) is 6.15. The Kier molecular flexibility index (Phi) is 4.02. The Labute approximate surface area is 116 Å². The topological polar surface area (TPSA) is 74.5 Å². The number of benzene rings is 1. The standard InChI is InChI=1S/C14H16N2O4/c1-14(2,3)20-12(17)8-18-11-6-4-5-10(7-11)13-15-9-19-16-13/h4-7,9H,8H2,1-3H3. The van der Waals surface area contributed by atoms with Gasteiger partial charge in [0.15, 0.2) is 6.61 Å². The Hall–Kier alpha value is -2.37. The summed E-state index contributed by atoms with van der Waals surface area (Å²) in [5.74, 6) is 0.591. The first kappa shape index (κ1) is 14.0. The fraction of sp³-hybridized carbons (Fsp3) is 0.357. The van der Waals surface area contributed by atoms with Crippen LogP contribution in [0.15, 0.2) is 35.2 Å². The van der Waals surface area contributed by atoms with Crippen molar-refractivity contribution in [3.63, 3.8) is 0 Å². The van der Waals surface area contributed by atoms with Gasteiger partial charge in [-0.25, -0.2) is 4.79 Å². The van der Waals surface area contributed by atoms with Gasteiger partial charge in [-0.3, -0.25) is 0 Å². The number of nitrogens with zero attached hydrogens (tertiary/aromatic N) is 2. The van der Waals surface area contributed by atoms with Crippen molar-refractivity contribution in [1.82, 2.24) is 10.1 Å². The smallest absolute Gasteiger partial charge is 0.344 e. The Morgan fingerprint density at radius 2 is 2.15 bits per heavy atom. The van der Waals surface area contributed by atoms with Crippen molar-refractivity contribution in [2.75, 3.05) is 6.61 Å². The molecule has 0 amide bonds. The molecule has 0 N–H and O–H groups in total. The van der Waals surface area contributed by atoms with Gasteiger partial charge in [-0.05, 0) is 32.9 Å². The van der Waals surface area contributed by atoms with Crippen LogP contribution in [-0.4, -0.2) is 28.3 Å². The monoisotopic (exact) mass is 276 g/mol. The first-order chi connectivity index (χ1) is 9.44. The lowest BCUT2D eigenvalue weighted by atomic mass is 10.2. The molecule has 0 aliphatic rings. The molecule has 2 aromatic rings. The van der Waals surface area contributed by atoms with Gasteiger partial charge in [0, 0.05) is 5.56 Å². The average Bonchev–Trinajstić information content (AvgIpc) is 2.88. The fourth-order valence-corrected chi connectivity index (χ4v) is 1.54. The molecule has 1 heterocycles. The average molecular weight is 276 g/mol. The number of hydrogen-bond acceptors (Lipinski definition) is 6. The first-order valence-corrected chi connectivity index (χ1v) is 6.15. The summed E-state index contributed by atoms with van der Waals surface area (Å²) in [6.07, 6.45) is 1.25. The van der Waals surface area contributed by atoms with Crippen molar-refractivity contribution in [1.29, 1.82) is 0 Å². The Morgan fingerprint density at radius 1 is 1.35 bits per heavy atom. The zero-order valence-corrected chi connectivity index (χ0v) is 11.6. The summed E-state index contributed by atoms with van der Waals surface area (Å²) in [5, 5.41) is 3.74. The van der Waals surface area contributed by atoms with Crippen LogP contribution in [0.2, 0.25) is 0 Å². The van der Waals surface area contributed by atoms with E-state index in [1.54, 1.807) is 18.2 Å². The van der Waals surface area contributed by atoms with Crippen LogP contribution in [0.1, 0.15) is 20.8 Å². The van der Waals surface area contributed by atoms with Crippen LogP contribution >= 0.6 is 0 Å². The van der Waals surface area contributed by atoms with Crippen LogP contribution in [0.25, 0.3) is 11.4 Å². The minimum Gasteiger partial charge on any atom is -0.482 e. The molecule has 0 aliphatic carbocycles. The number of aromatic nitrogens is 2. The predicted molar refractivity (Wildman–Crippen MR) is 71.1 cm³/mol. The third kappa shape index (κ3) is 4.08. The molecule has 0 bridgehead atoms. The van der Waals surface area contributed by atoms with Crippen molar-refractivity contribution in [2.24, 2.45) is 0 Å². The second kappa shape index (κ2) is 5.73. The highest BCUT2D eigenvalue weighted by Gasteiger charge is 2.16. The molecule has 0 aliphatic heterocycles. The molecular formula is C14H16N2O4. The van der Waals surface area contributed by atoms with Gasteiger partial charge >= 0.3 is 5.97 Å². The van der Waals surface area contributed by atoms with E-state index in [0.29, 0.717) is 11.6 Å². The van der Waals surface area contributed by atoms with Crippen molar-refractivity contribution in [2.45, 2.75) is 26.4 Å². The maximum atomic E-state index is 11.6. The summed E-state index contributed by atoms with van der Waals surface area (Å²) in [4.78, 5) is 15.5. The van der Waals surface area contributed by atoms with Crippen LogP contribution in [-0.2, 0) is 9.53 Å². The van der Waals surface area contributed by atoms with Crippen LogP contribution in [0.3, 0.4) is 0 Å². The number of carbonyl (C=O) groups is 1. The number of esters is 1. The number of hydrogen-bond donors (Lipinski definition) is 0. The number of rotatable bonds is 4. The van der Waals surface area contributed by atoms with Gasteiger partial charge in [0.05, 0.1) is 0 Å². The molecule has 0 unspecified atom stereocenters. The Bertz CT molecular complexity index is 573. The zero-order valence-electron chi connectivity index (χ0n) is 11.6. The van der Waals surface area contributed by atoms with E-state index in [1.165, 1.54) is 6.39 Å². The molecule has 0 fully saturated rings. The van der Waals surface area contributed by atoms with E-state index < -0.39 is 11.6 Å². The SMILES string of the molecule is CC(C)(C)OC(=O)COc1cccc(-c2ncon2)c1. The van der Waals surface area contributed by atoms with Gasteiger partial charge in [0.1, 0.15) is 11.4 Å². The van der Waals surface area contributed by atoms with E-state index in [-0.39, 0.29) is 6.61 Å². The molecule has 0 radical (unpaired) electrons. The summed E-state index contributed by atoms with van der Waals surface area (Å²) in [6.45, 7) is 5.28. The Balaban J connectivity index is 1.97. The van der Waals surface area contributed by atoms with Gasteiger partial charge in [-0.1, -0.05) is 17.3 Å². The molecule has 6 heteroatoms. The summed E-state index contributed by atoms with van der Waals surface area (Å²) >= 11 is 0. The van der Waals surface area contributed by atoms with E-state index in [1.807, 2.05) is 26.8 Å². The van der Waals surface area contributed by atoms with Crippen molar-refractivity contribution < 1.29 is 18.8 Å². The molecule has 0 spiro atoms. The van der Waals surface area contributed by atoms with Crippen molar-refractivity contribution >= 4 is 5.97 Å². The highest BCUT2D eigenvalue weighted by molar-refractivity contribution is 5.71. The number of ether oxygens (including phenoxy) is 2. The highest BCUT2D eigenvalue weighted by Crippen LogP contribution is 2.20. The molecule has 0 atom stereocenters. The molecule has 6 nitrogen and oxygen atoms in total. The molecule has 0 saturated heterocycles. The lowest BCUT2D eigenvalue weighted by Crippen LogP contribution is -2.27. The lowest BCUT2D eigenvalue weighted by molar-refractivity contribution is -0.157. The second-order valence-corrected chi connectivity index (χ2v) is 5.16. The van der Waals surface area contributed by atoms with Crippen LogP contribution in [0, 0.1) is 0 Å². The third-order valence-electron chi connectivity index (χ3n) is 2.23. The minimum absolute atomic E-state index is 0.146. The van der Waals surface area contributed by atoms with Gasteiger partial charge in [0.2, 0.25) is 12.2 Å². The van der Waals surface area contributed by atoms with E-state index in [2.05, 4.69) is 14.7 Å². The van der Waals surface area contributed by atoms with E-state index in [4.69, 9.17) is 9.47 Å². The van der Waals surface area contributed by atoms with Gasteiger partial charge in [-0.2, -0.15) is 4.98 Å². The van der Waals surface area contributed by atoms with E-state index in [9.17, 15) is 4.79 Å². The van der Waals surface area contributed by atoms with E-state index in [0.717, 1.165) is 5.56 Å². The Morgan fingerprint density at radius 3 is 2.80 bits per heavy atom. The molecule has 20 heavy (non-hydrogen) atoms. The second-order valence-electron chi connectivity index (χ2n) is 5.16. The molecule has 1 aromatic heterocycles. The molecule has 0 saturated carbocycles. The van der Waals surface area contributed by atoms with Gasteiger partial charge in [0.25, 0.3) is 0 Å². The molecule has 106 valence electrons. The minimum atomic E-state index is -0.521. The van der Waals surface area contributed by atoms with Crippen LogP contribution < -0.4 is 4.74 Å². The zero-order chi connectivity index (χ0) is 14.6. The third-order valence-corrected chi connectivity index (χ3v) is 2.23. The lowest BCUT2D eigenvalue weighted by Gasteiger charge is -2.19. The van der Waals surface area contributed by atoms with Crippen molar-refractivity contribution in [3.05, 3.63) is 30.7 Å². The van der Waals surface area contributed by atoms with E-state index >= 15 is 0 Å². The summed E-state index contributed by atoms with van der Waals surface area (Å²) in [7, 11) is 0. The summed E-state index contributed by atoms with van der Waals surface area (Å²) in [6, 6.07) is 7.09. The van der Waals surface area contributed by atoms with Gasteiger partial charge in [-0.15, -0.1) is 0 Å². The van der Waals surface area contributed by atoms with Crippen molar-refractivity contribution in [3.8, 4) is 17.1 Å². The molecule has 1 aromatic carbocycles. The van der Waals surface area contributed by atoms with Gasteiger partial charge < -0.3 is 14.0 Å².